The largest absolute Gasteiger partial charge is 0.493 e. The monoisotopic (exact) mass is 435 g/mol. The van der Waals surface area contributed by atoms with Crippen molar-refractivity contribution in [3.63, 3.8) is 0 Å². The van der Waals surface area contributed by atoms with Crippen molar-refractivity contribution in [1.29, 1.82) is 0 Å². The summed E-state index contributed by atoms with van der Waals surface area (Å²) in [4.78, 5) is 23.6. The van der Waals surface area contributed by atoms with Crippen molar-refractivity contribution in [1.82, 2.24) is 14.9 Å². The molecule has 0 bridgehead atoms. The fourth-order valence-electron chi connectivity index (χ4n) is 3.63. The molecule has 4 rings (SSSR count). The number of hydrogen-bond acceptors (Lipinski definition) is 6. The number of methoxy groups -OCH3 is 2. The van der Waals surface area contributed by atoms with Crippen LogP contribution in [0.2, 0.25) is 0 Å². The van der Waals surface area contributed by atoms with Gasteiger partial charge in [-0.3, -0.25) is 9.69 Å². The molecule has 2 aromatic carbocycles. The first-order valence-electron chi connectivity index (χ1n) is 10.1. The number of fused-ring (bicyclic) bond motifs is 1. The molecule has 1 N–H and O–H groups in total. The number of rotatable bonds is 8. The van der Waals surface area contributed by atoms with Gasteiger partial charge in [-0.25, -0.2) is 4.98 Å². The minimum absolute atomic E-state index is 0.0951. The standard InChI is InChI=1S/C24H25N3O3S/c1-4-27(13-16-10-11-19(29-2)20(12-16)30-3)14-21-25-23(28)22-18(15-31-24(22)26-21)17-8-6-5-7-9-17/h5-12,15H,4,13-14H2,1-3H3,(H,25,26,28). The fraction of sp³-hybridized carbons (Fsp3) is 0.250. The van der Waals surface area contributed by atoms with E-state index < -0.39 is 0 Å². The number of aromatic nitrogens is 2. The molecule has 0 unspecified atom stereocenters. The van der Waals surface area contributed by atoms with Crippen molar-refractivity contribution in [2.24, 2.45) is 0 Å². The maximum absolute atomic E-state index is 12.9. The summed E-state index contributed by atoms with van der Waals surface area (Å²) in [6, 6.07) is 15.8. The lowest BCUT2D eigenvalue weighted by atomic mass is 10.1. The maximum Gasteiger partial charge on any atom is 0.260 e. The van der Waals surface area contributed by atoms with Gasteiger partial charge >= 0.3 is 0 Å². The second kappa shape index (κ2) is 9.32. The summed E-state index contributed by atoms with van der Waals surface area (Å²) >= 11 is 1.50. The van der Waals surface area contributed by atoms with Crippen molar-refractivity contribution in [3.05, 3.63) is 75.7 Å². The minimum Gasteiger partial charge on any atom is -0.493 e. The van der Waals surface area contributed by atoms with Crippen LogP contribution in [0, 0.1) is 0 Å². The van der Waals surface area contributed by atoms with Crippen molar-refractivity contribution < 1.29 is 9.47 Å². The van der Waals surface area contributed by atoms with Crippen LogP contribution in [0.4, 0.5) is 0 Å². The predicted molar refractivity (Wildman–Crippen MR) is 125 cm³/mol. The van der Waals surface area contributed by atoms with Crippen LogP contribution < -0.4 is 15.0 Å². The Morgan fingerprint density at radius 3 is 2.52 bits per heavy atom. The average molecular weight is 436 g/mol. The molecule has 0 atom stereocenters. The molecule has 2 heterocycles. The van der Waals surface area contributed by atoms with Gasteiger partial charge in [0.15, 0.2) is 11.5 Å². The third kappa shape index (κ3) is 4.47. The molecular formula is C24H25N3O3S. The summed E-state index contributed by atoms with van der Waals surface area (Å²) in [5, 5.41) is 2.66. The Balaban J connectivity index is 1.58. The molecule has 0 radical (unpaired) electrons. The quantitative estimate of drug-likeness (QED) is 0.435. The predicted octanol–water partition coefficient (Wildman–Crippen LogP) is 4.69. The van der Waals surface area contributed by atoms with Gasteiger partial charge in [0.2, 0.25) is 0 Å². The number of H-pyrrole nitrogens is 1. The zero-order valence-corrected chi connectivity index (χ0v) is 18.7. The third-order valence-corrected chi connectivity index (χ3v) is 6.12. The Morgan fingerprint density at radius 1 is 1.03 bits per heavy atom. The number of thiophene rings is 1. The van der Waals surface area contributed by atoms with E-state index in [9.17, 15) is 4.79 Å². The SMILES string of the molecule is CCN(Cc1ccc(OC)c(OC)c1)Cc1nc2scc(-c3ccccc3)c2c(=O)[nH]1. The smallest absolute Gasteiger partial charge is 0.260 e. The van der Waals surface area contributed by atoms with Crippen LogP contribution in [0.3, 0.4) is 0 Å². The highest BCUT2D eigenvalue weighted by Crippen LogP contribution is 2.31. The Kier molecular flexibility index (Phi) is 6.34. The molecule has 0 saturated heterocycles. The van der Waals surface area contributed by atoms with Crippen molar-refractivity contribution in [3.8, 4) is 22.6 Å². The minimum atomic E-state index is -0.0951. The summed E-state index contributed by atoms with van der Waals surface area (Å²) in [7, 11) is 3.26. The van der Waals surface area contributed by atoms with E-state index >= 15 is 0 Å². The molecule has 0 aliphatic heterocycles. The molecule has 6 nitrogen and oxygen atoms in total. The van der Waals surface area contributed by atoms with Gasteiger partial charge in [0.25, 0.3) is 5.56 Å². The number of aromatic amines is 1. The van der Waals surface area contributed by atoms with E-state index in [0.29, 0.717) is 35.8 Å². The van der Waals surface area contributed by atoms with E-state index in [1.165, 1.54) is 11.3 Å². The van der Waals surface area contributed by atoms with E-state index in [0.717, 1.165) is 28.1 Å². The molecule has 0 saturated carbocycles. The highest BCUT2D eigenvalue weighted by molar-refractivity contribution is 7.17. The van der Waals surface area contributed by atoms with Crippen molar-refractivity contribution >= 4 is 21.6 Å². The molecule has 0 spiro atoms. The number of nitrogens with zero attached hydrogens (tertiary/aromatic N) is 2. The summed E-state index contributed by atoms with van der Waals surface area (Å²) in [6.45, 7) is 4.17. The molecule has 7 heteroatoms. The van der Waals surface area contributed by atoms with Crippen LogP contribution >= 0.6 is 11.3 Å². The highest BCUT2D eigenvalue weighted by atomic mass is 32.1. The summed E-state index contributed by atoms with van der Waals surface area (Å²) < 4.78 is 10.7. The van der Waals surface area contributed by atoms with E-state index in [4.69, 9.17) is 14.5 Å². The lowest BCUT2D eigenvalue weighted by molar-refractivity contribution is 0.264. The molecular weight excluding hydrogens is 410 g/mol. The number of hydrogen-bond donors (Lipinski definition) is 1. The van der Waals surface area contributed by atoms with E-state index in [1.54, 1.807) is 14.2 Å². The van der Waals surface area contributed by atoms with Crippen LogP contribution in [0.25, 0.3) is 21.3 Å². The first-order valence-corrected chi connectivity index (χ1v) is 11.0. The Hall–Kier alpha value is -3.16. The van der Waals surface area contributed by atoms with Crippen molar-refractivity contribution in [2.45, 2.75) is 20.0 Å². The molecule has 0 aliphatic rings. The first-order chi connectivity index (χ1) is 15.1. The van der Waals surface area contributed by atoms with Crippen molar-refractivity contribution in [2.75, 3.05) is 20.8 Å². The maximum atomic E-state index is 12.9. The van der Waals surface area contributed by atoms with Gasteiger partial charge in [-0.1, -0.05) is 43.3 Å². The van der Waals surface area contributed by atoms with Crippen LogP contribution in [-0.2, 0) is 13.1 Å². The highest BCUT2D eigenvalue weighted by Gasteiger charge is 2.15. The number of benzene rings is 2. The van der Waals surface area contributed by atoms with Gasteiger partial charge in [-0.15, -0.1) is 11.3 Å². The van der Waals surface area contributed by atoms with Crippen LogP contribution in [0.1, 0.15) is 18.3 Å². The van der Waals surface area contributed by atoms with Gasteiger partial charge < -0.3 is 14.5 Å². The van der Waals surface area contributed by atoms with Gasteiger partial charge in [-0.2, -0.15) is 0 Å². The van der Waals surface area contributed by atoms with Gasteiger partial charge in [0, 0.05) is 17.5 Å². The molecule has 0 amide bonds. The molecule has 4 aromatic rings. The van der Waals surface area contributed by atoms with Gasteiger partial charge in [0.1, 0.15) is 10.7 Å². The fourth-order valence-corrected chi connectivity index (χ4v) is 4.59. The zero-order chi connectivity index (χ0) is 21.8. The van der Waals surface area contributed by atoms with E-state index in [2.05, 4.69) is 16.8 Å². The number of nitrogens with one attached hydrogen (secondary N) is 1. The first kappa shape index (κ1) is 21.1. The van der Waals surface area contributed by atoms with Crippen LogP contribution in [0.5, 0.6) is 11.5 Å². The second-order valence-corrected chi connectivity index (χ2v) is 8.06. The molecule has 160 valence electrons. The lowest BCUT2D eigenvalue weighted by Crippen LogP contribution is -2.25. The lowest BCUT2D eigenvalue weighted by Gasteiger charge is -2.20. The normalized spacial score (nSPS) is 11.2. The zero-order valence-electron chi connectivity index (χ0n) is 17.8. The topological polar surface area (TPSA) is 67.5 Å². The van der Waals surface area contributed by atoms with Crippen LogP contribution in [-0.4, -0.2) is 35.6 Å². The summed E-state index contributed by atoms with van der Waals surface area (Å²) in [5.74, 6) is 2.08. The summed E-state index contributed by atoms with van der Waals surface area (Å²) in [6.07, 6.45) is 0. The summed E-state index contributed by atoms with van der Waals surface area (Å²) in [5.41, 5.74) is 2.96. The third-order valence-electron chi connectivity index (χ3n) is 5.25. The Bertz CT molecular complexity index is 1230. The van der Waals surface area contributed by atoms with Crippen LogP contribution in [0.15, 0.2) is 58.7 Å². The van der Waals surface area contributed by atoms with E-state index in [-0.39, 0.29) is 5.56 Å². The van der Waals surface area contributed by atoms with Gasteiger partial charge in [-0.05, 0) is 29.8 Å². The second-order valence-electron chi connectivity index (χ2n) is 7.20. The Morgan fingerprint density at radius 2 is 1.81 bits per heavy atom. The molecule has 31 heavy (non-hydrogen) atoms. The molecule has 0 aliphatic carbocycles. The average Bonchev–Trinajstić information content (AvgIpc) is 3.23. The number of ether oxygens (including phenoxy) is 2. The molecule has 0 fully saturated rings. The molecule has 2 aromatic heterocycles. The van der Waals surface area contributed by atoms with E-state index in [1.807, 2.05) is 53.9 Å². The van der Waals surface area contributed by atoms with Gasteiger partial charge in [0.05, 0.1) is 26.2 Å². The Labute approximate surface area is 185 Å².